The molecule has 0 saturated heterocycles. The van der Waals surface area contributed by atoms with E-state index < -0.39 is 0 Å². The monoisotopic (exact) mass is 329 g/mol. The highest BCUT2D eigenvalue weighted by atomic mass is 79.9. The van der Waals surface area contributed by atoms with Gasteiger partial charge in [0.2, 0.25) is 0 Å². The lowest BCUT2D eigenvalue weighted by molar-refractivity contribution is 0.269. The van der Waals surface area contributed by atoms with Crippen molar-refractivity contribution in [3.8, 4) is 0 Å². The Bertz CT molecular complexity index is 510. The van der Waals surface area contributed by atoms with Gasteiger partial charge in [-0.1, -0.05) is 33.6 Å². The van der Waals surface area contributed by atoms with Crippen LogP contribution in [0.3, 0.4) is 0 Å². The largest absolute Gasteiger partial charge is 0.394 e. The zero-order valence-corrected chi connectivity index (χ0v) is 11.9. The summed E-state index contributed by atoms with van der Waals surface area (Å²) in [7, 11) is 0. The number of benzene rings is 1. The Morgan fingerprint density at radius 3 is 2.94 bits per heavy atom. The molecule has 1 aromatic heterocycles. The minimum Gasteiger partial charge on any atom is -0.394 e. The van der Waals surface area contributed by atoms with E-state index in [0.29, 0.717) is 18.1 Å². The molecule has 0 aliphatic rings. The smallest absolute Gasteiger partial charge is 0.148 e. The molecule has 0 spiro atoms. The Kier molecular flexibility index (Phi) is 4.63. The van der Waals surface area contributed by atoms with Crippen molar-refractivity contribution in [2.75, 3.05) is 11.9 Å². The number of hydrogen-bond acceptors (Lipinski definition) is 3. The van der Waals surface area contributed by atoms with Crippen molar-refractivity contribution in [3.05, 3.63) is 45.5 Å². The minimum atomic E-state index is 0.0805. The number of halogens is 2. The average Bonchev–Trinajstić information content (AvgIpc) is 2.77. The third-order valence-electron chi connectivity index (χ3n) is 2.48. The standard InChI is InChI=1S/C12H13BrClN3O/c13-10-2-1-3-11(14)9(10)8-15-12-4-5-17(16-12)6-7-18/h1-5,18H,6-8H2,(H,15,16). The van der Waals surface area contributed by atoms with Gasteiger partial charge in [0, 0.05) is 33.9 Å². The first-order chi connectivity index (χ1) is 8.70. The van der Waals surface area contributed by atoms with E-state index in [-0.39, 0.29) is 6.61 Å². The molecule has 0 amide bonds. The molecule has 0 radical (unpaired) electrons. The molecule has 18 heavy (non-hydrogen) atoms. The highest BCUT2D eigenvalue weighted by molar-refractivity contribution is 9.10. The van der Waals surface area contributed by atoms with Gasteiger partial charge in [0.25, 0.3) is 0 Å². The molecule has 2 aromatic rings. The van der Waals surface area contributed by atoms with E-state index in [1.54, 1.807) is 4.68 Å². The third kappa shape index (κ3) is 3.25. The summed E-state index contributed by atoms with van der Waals surface area (Å²) < 4.78 is 2.65. The fourth-order valence-corrected chi connectivity index (χ4v) is 2.42. The van der Waals surface area contributed by atoms with Gasteiger partial charge in [-0.25, -0.2) is 0 Å². The Morgan fingerprint density at radius 1 is 1.39 bits per heavy atom. The molecule has 0 saturated carbocycles. The molecule has 0 unspecified atom stereocenters. The predicted molar refractivity (Wildman–Crippen MR) is 75.8 cm³/mol. The van der Waals surface area contributed by atoms with Crippen LogP contribution in [0.1, 0.15) is 5.56 Å². The van der Waals surface area contributed by atoms with Crippen molar-refractivity contribution in [1.82, 2.24) is 9.78 Å². The van der Waals surface area contributed by atoms with Gasteiger partial charge < -0.3 is 10.4 Å². The molecule has 4 nitrogen and oxygen atoms in total. The molecular weight excluding hydrogens is 318 g/mol. The molecule has 0 aliphatic carbocycles. The third-order valence-corrected chi connectivity index (χ3v) is 3.57. The minimum absolute atomic E-state index is 0.0805. The molecule has 0 bridgehead atoms. The van der Waals surface area contributed by atoms with Crippen molar-refractivity contribution >= 4 is 33.3 Å². The van der Waals surface area contributed by atoms with Gasteiger partial charge in [-0.3, -0.25) is 4.68 Å². The number of nitrogens with one attached hydrogen (secondary N) is 1. The molecule has 0 aliphatic heterocycles. The van der Waals surface area contributed by atoms with Crippen LogP contribution in [0.4, 0.5) is 5.82 Å². The Labute approximate surface area is 119 Å². The molecular formula is C12H13BrClN3O. The summed E-state index contributed by atoms with van der Waals surface area (Å²) in [5.41, 5.74) is 0.996. The van der Waals surface area contributed by atoms with Gasteiger partial charge >= 0.3 is 0 Å². The summed E-state index contributed by atoms with van der Waals surface area (Å²) >= 11 is 9.59. The van der Waals surface area contributed by atoms with Gasteiger partial charge in [-0.05, 0) is 12.1 Å². The Hall–Kier alpha value is -1.04. The van der Waals surface area contributed by atoms with E-state index in [4.69, 9.17) is 16.7 Å². The first-order valence-electron chi connectivity index (χ1n) is 5.52. The molecule has 6 heteroatoms. The van der Waals surface area contributed by atoms with Crippen LogP contribution in [0.2, 0.25) is 5.02 Å². The number of rotatable bonds is 5. The summed E-state index contributed by atoms with van der Waals surface area (Å²) in [4.78, 5) is 0. The first kappa shape index (κ1) is 13.4. The summed E-state index contributed by atoms with van der Waals surface area (Å²) in [6, 6.07) is 7.56. The summed E-state index contributed by atoms with van der Waals surface area (Å²) in [5, 5.41) is 17.0. The van der Waals surface area contributed by atoms with Gasteiger partial charge in [-0.2, -0.15) is 5.10 Å². The molecule has 2 N–H and O–H groups in total. The molecule has 0 atom stereocenters. The van der Waals surface area contributed by atoms with Gasteiger partial charge in [-0.15, -0.1) is 0 Å². The van der Waals surface area contributed by atoms with E-state index in [2.05, 4.69) is 26.3 Å². The zero-order chi connectivity index (χ0) is 13.0. The van der Waals surface area contributed by atoms with E-state index >= 15 is 0 Å². The maximum atomic E-state index is 8.80. The molecule has 1 aromatic carbocycles. The number of hydrogen-bond donors (Lipinski definition) is 2. The number of anilines is 1. The number of aliphatic hydroxyl groups is 1. The van der Waals surface area contributed by atoms with Crippen LogP contribution in [0.15, 0.2) is 34.9 Å². The van der Waals surface area contributed by atoms with Crippen molar-refractivity contribution < 1.29 is 5.11 Å². The molecule has 2 rings (SSSR count). The second kappa shape index (κ2) is 6.22. The van der Waals surface area contributed by atoms with Crippen LogP contribution in [0.5, 0.6) is 0 Å². The number of aliphatic hydroxyl groups excluding tert-OH is 1. The van der Waals surface area contributed by atoms with E-state index in [0.717, 1.165) is 15.9 Å². The topological polar surface area (TPSA) is 50.1 Å². The normalized spacial score (nSPS) is 10.6. The first-order valence-corrected chi connectivity index (χ1v) is 6.69. The second-order valence-corrected chi connectivity index (χ2v) is 5.00. The SMILES string of the molecule is OCCn1ccc(NCc2c(Cl)cccc2Br)n1. The van der Waals surface area contributed by atoms with Gasteiger partial charge in [0.05, 0.1) is 13.2 Å². The zero-order valence-electron chi connectivity index (χ0n) is 9.61. The van der Waals surface area contributed by atoms with Crippen LogP contribution >= 0.6 is 27.5 Å². The van der Waals surface area contributed by atoms with Crippen LogP contribution in [-0.4, -0.2) is 21.5 Å². The van der Waals surface area contributed by atoms with E-state index in [1.807, 2.05) is 30.5 Å². The molecule has 96 valence electrons. The highest BCUT2D eigenvalue weighted by Gasteiger charge is 2.05. The number of aromatic nitrogens is 2. The summed E-state index contributed by atoms with van der Waals surface area (Å²) in [6.45, 7) is 1.17. The maximum Gasteiger partial charge on any atom is 0.148 e. The second-order valence-electron chi connectivity index (χ2n) is 3.74. The lowest BCUT2D eigenvalue weighted by Crippen LogP contribution is -2.05. The maximum absolute atomic E-state index is 8.80. The van der Waals surface area contributed by atoms with Crippen LogP contribution in [0.25, 0.3) is 0 Å². The molecule has 1 heterocycles. The van der Waals surface area contributed by atoms with Crippen LogP contribution < -0.4 is 5.32 Å². The van der Waals surface area contributed by atoms with Crippen molar-refractivity contribution in [2.24, 2.45) is 0 Å². The highest BCUT2D eigenvalue weighted by Crippen LogP contribution is 2.25. The average molecular weight is 331 g/mol. The molecule has 0 fully saturated rings. The van der Waals surface area contributed by atoms with Crippen LogP contribution in [0, 0.1) is 0 Å². The summed E-state index contributed by atoms with van der Waals surface area (Å²) in [6.07, 6.45) is 1.82. The van der Waals surface area contributed by atoms with Crippen LogP contribution in [-0.2, 0) is 13.1 Å². The van der Waals surface area contributed by atoms with E-state index in [9.17, 15) is 0 Å². The summed E-state index contributed by atoms with van der Waals surface area (Å²) in [5.74, 6) is 0.760. The van der Waals surface area contributed by atoms with Crippen molar-refractivity contribution in [3.63, 3.8) is 0 Å². The lowest BCUT2D eigenvalue weighted by atomic mass is 10.2. The predicted octanol–water partition coefficient (Wildman–Crippen LogP) is 2.90. The Balaban J connectivity index is 2.02. The van der Waals surface area contributed by atoms with Crippen molar-refractivity contribution in [1.29, 1.82) is 0 Å². The van der Waals surface area contributed by atoms with Gasteiger partial charge in [0.15, 0.2) is 0 Å². The quantitative estimate of drug-likeness (QED) is 0.886. The number of nitrogens with zero attached hydrogens (tertiary/aromatic N) is 2. The van der Waals surface area contributed by atoms with E-state index in [1.165, 1.54) is 0 Å². The Morgan fingerprint density at radius 2 is 2.22 bits per heavy atom. The van der Waals surface area contributed by atoms with Gasteiger partial charge in [0.1, 0.15) is 5.82 Å². The van der Waals surface area contributed by atoms with Crippen molar-refractivity contribution in [2.45, 2.75) is 13.1 Å². The fourth-order valence-electron chi connectivity index (χ4n) is 1.56. The lowest BCUT2D eigenvalue weighted by Gasteiger charge is -2.07. The fraction of sp³-hybridized carbons (Fsp3) is 0.250.